The highest BCUT2D eigenvalue weighted by Gasteiger charge is 2.24. The smallest absolute Gasteiger partial charge is 0.409 e. The Morgan fingerprint density at radius 3 is 2.91 bits per heavy atom. The molecular weight excluding hydrogens is 298 g/mol. The van der Waals surface area contributed by atoms with Gasteiger partial charge in [-0.2, -0.15) is 0 Å². The molecule has 2 amide bonds. The van der Waals surface area contributed by atoms with Crippen LogP contribution in [0.2, 0.25) is 0 Å². The number of ether oxygens (including phenoxy) is 2. The molecule has 1 fully saturated rings. The van der Waals surface area contributed by atoms with Crippen LogP contribution in [0.4, 0.5) is 4.79 Å². The summed E-state index contributed by atoms with van der Waals surface area (Å²) in [6.45, 7) is 1.67. The van der Waals surface area contributed by atoms with E-state index in [0.29, 0.717) is 13.1 Å². The Morgan fingerprint density at radius 1 is 1.48 bits per heavy atom. The maximum atomic E-state index is 12.6. The van der Waals surface area contributed by atoms with E-state index >= 15 is 0 Å². The molecule has 0 unspecified atom stereocenters. The number of rotatable bonds is 6. The number of aromatic nitrogens is 1. The molecule has 0 saturated carbocycles. The average Bonchev–Trinajstić information content (AvgIpc) is 3.07. The zero-order chi connectivity index (χ0) is 16.7. The van der Waals surface area contributed by atoms with E-state index in [4.69, 9.17) is 4.74 Å². The lowest BCUT2D eigenvalue weighted by Gasteiger charge is -2.27. The first-order valence-electron chi connectivity index (χ1n) is 7.67. The monoisotopic (exact) mass is 321 g/mol. The van der Waals surface area contributed by atoms with Crippen LogP contribution in [0, 0.1) is 0 Å². The summed E-state index contributed by atoms with van der Waals surface area (Å²) in [5.41, 5.74) is 0.944. The number of nitrogens with zero attached hydrogens (tertiary/aromatic N) is 3. The second-order valence-electron chi connectivity index (χ2n) is 5.60. The number of hydrogen-bond acceptors (Lipinski definition) is 5. The Morgan fingerprint density at radius 2 is 2.30 bits per heavy atom. The molecule has 2 rings (SSSR count). The normalized spacial score (nSPS) is 16.9. The Bertz CT molecular complexity index is 517. The van der Waals surface area contributed by atoms with Crippen molar-refractivity contribution < 1.29 is 19.1 Å². The van der Waals surface area contributed by atoms with Crippen LogP contribution in [0.25, 0.3) is 0 Å². The fraction of sp³-hybridized carbons (Fsp3) is 0.562. The van der Waals surface area contributed by atoms with Crippen LogP contribution in [-0.2, 0) is 20.8 Å². The molecule has 1 aromatic heterocycles. The molecule has 1 aliphatic rings. The van der Waals surface area contributed by atoms with E-state index in [0.717, 1.165) is 25.0 Å². The molecule has 0 spiro atoms. The van der Waals surface area contributed by atoms with E-state index < -0.39 is 6.09 Å². The number of amides is 2. The number of carbonyl (C=O) groups excluding carboxylic acids is 2. The van der Waals surface area contributed by atoms with Crippen molar-refractivity contribution in [3.63, 3.8) is 0 Å². The summed E-state index contributed by atoms with van der Waals surface area (Å²) in [5.74, 6) is -0.141. The van der Waals surface area contributed by atoms with Crippen molar-refractivity contribution in [3.05, 3.63) is 30.1 Å². The van der Waals surface area contributed by atoms with Crippen LogP contribution in [0.3, 0.4) is 0 Å². The molecule has 0 bridgehead atoms. The standard InChI is InChI=1S/C16H23N3O4/c1-18(16(21)22-2)12-15(20)19(11-14-6-4-8-23-14)10-13-5-3-7-17-9-13/h3,5,7,9,14H,4,6,8,10-12H2,1-2H3/t14-/m0/s1. The van der Waals surface area contributed by atoms with Crippen LogP contribution < -0.4 is 0 Å². The Balaban J connectivity index is 2.02. The van der Waals surface area contributed by atoms with Gasteiger partial charge in [-0.1, -0.05) is 6.07 Å². The molecule has 0 aromatic carbocycles. The first-order valence-corrected chi connectivity index (χ1v) is 7.67. The van der Waals surface area contributed by atoms with Crippen molar-refractivity contribution in [2.24, 2.45) is 0 Å². The maximum Gasteiger partial charge on any atom is 0.409 e. The minimum absolute atomic E-state index is 0.0281. The third-order valence-electron chi connectivity index (χ3n) is 3.76. The van der Waals surface area contributed by atoms with Gasteiger partial charge in [0.25, 0.3) is 0 Å². The summed E-state index contributed by atoms with van der Waals surface area (Å²) < 4.78 is 10.3. The second-order valence-corrected chi connectivity index (χ2v) is 5.60. The van der Waals surface area contributed by atoms with Crippen molar-refractivity contribution >= 4 is 12.0 Å². The van der Waals surface area contributed by atoms with E-state index in [1.165, 1.54) is 19.1 Å². The summed E-state index contributed by atoms with van der Waals surface area (Å²) in [7, 11) is 2.83. The summed E-state index contributed by atoms with van der Waals surface area (Å²) >= 11 is 0. The van der Waals surface area contributed by atoms with Crippen molar-refractivity contribution in [1.29, 1.82) is 0 Å². The summed E-state index contributed by atoms with van der Waals surface area (Å²) in [6.07, 6.45) is 4.92. The molecule has 7 heteroatoms. The van der Waals surface area contributed by atoms with Crippen LogP contribution in [0.15, 0.2) is 24.5 Å². The maximum absolute atomic E-state index is 12.6. The topological polar surface area (TPSA) is 72.0 Å². The molecule has 7 nitrogen and oxygen atoms in total. The lowest BCUT2D eigenvalue weighted by molar-refractivity contribution is -0.134. The van der Waals surface area contributed by atoms with Gasteiger partial charge < -0.3 is 19.3 Å². The first kappa shape index (κ1) is 17.2. The Hall–Kier alpha value is -2.15. The highest BCUT2D eigenvalue weighted by molar-refractivity contribution is 5.82. The van der Waals surface area contributed by atoms with Gasteiger partial charge in [0.15, 0.2) is 0 Å². The highest BCUT2D eigenvalue weighted by atomic mass is 16.5. The zero-order valence-electron chi connectivity index (χ0n) is 13.6. The summed E-state index contributed by atoms with van der Waals surface area (Å²) in [6, 6.07) is 3.76. The van der Waals surface area contributed by atoms with Gasteiger partial charge >= 0.3 is 6.09 Å². The molecule has 23 heavy (non-hydrogen) atoms. The SMILES string of the molecule is COC(=O)N(C)CC(=O)N(Cc1cccnc1)C[C@@H]1CCCO1. The van der Waals surface area contributed by atoms with Gasteiger partial charge in [-0.15, -0.1) is 0 Å². The number of carbonyl (C=O) groups is 2. The zero-order valence-corrected chi connectivity index (χ0v) is 13.6. The minimum Gasteiger partial charge on any atom is -0.453 e. The summed E-state index contributed by atoms with van der Waals surface area (Å²) in [5, 5.41) is 0. The second kappa shape index (κ2) is 8.47. The predicted octanol–water partition coefficient (Wildman–Crippen LogP) is 1.29. The van der Waals surface area contributed by atoms with Gasteiger partial charge in [-0.3, -0.25) is 9.78 Å². The number of methoxy groups -OCH3 is 1. The first-order chi connectivity index (χ1) is 11.1. The quantitative estimate of drug-likeness (QED) is 0.789. The van der Waals surface area contributed by atoms with Crippen molar-refractivity contribution in [2.45, 2.75) is 25.5 Å². The minimum atomic E-state index is -0.531. The molecule has 1 atom stereocenters. The molecule has 2 heterocycles. The predicted molar refractivity (Wildman–Crippen MR) is 83.7 cm³/mol. The van der Waals surface area contributed by atoms with Gasteiger partial charge in [0.1, 0.15) is 6.54 Å². The van der Waals surface area contributed by atoms with Crippen molar-refractivity contribution in [3.8, 4) is 0 Å². The van der Waals surface area contributed by atoms with E-state index in [1.807, 2.05) is 12.1 Å². The highest BCUT2D eigenvalue weighted by Crippen LogP contribution is 2.15. The largest absolute Gasteiger partial charge is 0.453 e. The van der Waals surface area contributed by atoms with Crippen LogP contribution >= 0.6 is 0 Å². The number of likely N-dealkylation sites (N-methyl/N-ethyl adjacent to an activating group) is 1. The number of pyridine rings is 1. The van der Waals surface area contributed by atoms with E-state index in [1.54, 1.807) is 17.3 Å². The van der Waals surface area contributed by atoms with Crippen LogP contribution in [0.5, 0.6) is 0 Å². The van der Waals surface area contributed by atoms with E-state index in [-0.39, 0.29) is 18.6 Å². The van der Waals surface area contributed by atoms with Crippen LogP contribution in [0.1, 0.15) is 18.4 Å². The van der Waals surface area contributed by atoms with Crippen molar-refractivity contribution in [1.82, 2.24) is 14.8 Å². The van der Waals surface area contributed by atoms with Gasteiger partial charge in [0.05, 0.1) is 13.2 Å². The van der Waals surface area contributed by atoms with E-state index in [2.05, 4.69) is 9.72 Å². The molecule has 1 aromatic rings. The summed E-state index contributed by atoms with van der Waals surface area (Å²) in [4.78, 5) is 31.1. The lowest BCUT2D eigenvalue weighted by Crippen LogP contribution is -2.43. The van der Waals surface area contributed by atoms with Gasteiger partial charge in [-0.05, 0) is 24.5 Å². The number of hydrogen-bond donors (Lipinski definition) is 0. The fourth-order valence-corrected chi connectivity index (χ4v) is 2.52. The Labute approximate surface area is 136 Å². The third kappa shape index (κ3) is 5.21. The molecule has 1 saturated heterocycles. The van der Waals surface area contributed by atoms with E-state index in [9.17, 15) is 9.59 Å². The average molecular weight is 321 g/mol. The Kier molecular flexibility index (Phi) is 6.34. The molecular formula is C16H23N3O4. The van der Waals surface area contributed by atoms with Gasteiger partial charge in [0.2, 0.25) is 5.91 Å². The lowest BCUT2D eigenvalue weighted by atomic mass is 10.2. The van der Waals surface area contributed by atoms with Gasteiger partial charge in [-0.25, -0.2) is 4.79 Å². The van der Waals surface area contributed by atoms with Crippen molar-refractivity contribution in [2.75, 3.05) is 33.9 Å². The fourth-order valence-electron chi connectivity index (χ4n) is 2.52. The molecule has 126 valence electrons. The molecule has 0 aliphatic carbocycles. The molecule has 0 radical (unpaired) electrons. The van der Waals surface area contributed by atoms with Gasteiger partial charge in [0, 0.05) is 39.1 Å². The molecule has 0 N–H and O–H groups in total. The third-order valence-corrected chi connectivity index (χ3v) is 3.76. The van der Waals surface area contributed by atoms with Crippen LogP contribution in [-0.4, -0.2) is 66.7 Å². The molecule has 1 aliphatic heterocycles.